The molecule has 0 aliphatic carbocycles. The number of nitrogens with zero attached hydrogens (tertiary/aromatic N) is 2. The largest absolute Gasteiger partial charge is 0.486 e. The van der Waals surface area contributed by atoms with Gasteiger partial charge in [0.15, 0.2) is 6.61 Å². The number of rotatable bonds is 9. The van der Waals surface area contributed by atoms with Crippen LogP contribution in [-0.2, 0) is 17.8 Å². The molecule has 0 saturated heterocycles. The lowest BCUT2D eigenvalue weighted by Gasteiger charge is -2.25. The number of aromatic nitrogens is 1. The molecule has 0 spiro atoms. The van der Waals surface area contributed by atoms with Gasteiger partial charge in [-0.25, -0.2) is 8.78 Å². The first kappa shape index (κ1) is 23.9. The molecule has 0 radical (unpaired) electrons. The number of aliphatic hydroxyl groups is 1. The Morgan fingerprint density at radius 3 is 2.81 bits per heavy atom. The number of hydrogen-bond donors (Lipinski definition) is 2. The number of alkyl halides is 2. The molecule has 1 aliphatic rings. The third kappa shape index (κ3) is 5.52. The van der Waals surface area contributed by atoms with Gasteiger partial charge in [0.1, 0.15) is 5.75 Å². The number of pyridine rings is 1. The summed E-state index contributed by atoms with van der Waals surface area (Å²) in [5, 5.41) is 11.6. The van der Waals surface area contributed by atoms with Gasteiger partial charge >= 0.3 is 0 Å². The summed E-state index contributed by atoms with van der Waals surface area (Å²) in [4.78, 5) is 30.9. The van der Waals surface area contributed by atoms with Crippen LogP contribution in [0.4, 0.5) is 8.78 Å². The lowest BCUT2D eigenvalue weighted by molar-refractivity contribution is -0.120. The summed E-state index contributed by atoms with van der Waals surface area (Å²) in [6.07, 6.45) is 1.49. The number of fused-ring (bicyclic) bond motifs is 1. The lowest BCUT2D eigenvalue weighted by Crippen LogP contribution is -2.28. The van der Waals surface area contributed by atoms with E-state index in [0.717, 1.165) is 6.92 Å². The highest BCUT2D eigenvalue weighted by molar-refractivity contribution is 6.32. The molecular weight excluding hydrogens is 444 g/mol. The van der Waals surface area contributed by atoms with E-state index in [4.69, 9.17) is 21.4 Å². The zero-order valence-electron chi connectivity index (χ0n) is 17.7. The highest BCUT2D eigenvalue weighted by atomic mass is 35.5. The average Bonchev–Trinajstić information content (AvgIpc) is 3.08. The van der Waals surface area contributed by atoms with Gasteiger partial charge in [0, 0.05) is 37.3 Å². The number of benzene rings is 1. The third-order valence-electron chi connectivity index (χ3n) is 5.11. The number of amides is 2. The van der Waals surface area contributed by atoms with Crippen LogP contribution in [0.3, 0.4) is 0 Å². The van der Waals surface area contributed by atoms with E-state index in [0.29, 0.717) is 22.4 Å². The Bertz CT molecular complexity index is 1010. The van der Waals surface area contributed by atoms with E-state index >= 15 is 0 Å². The first-order valence-corrected chi connectivity index (χ1v) is 10.4. The van der Waals surface area contributed by atoms with Crippen LogP contribution in [0.25, 0.3) is 0 Å². The molecule has 1 aliphatic heterocycles. The van der Waals surface area contributed by atoms with Gasteiger partial charge in [0.25, 0.3) is 11.8 Å². The molecule has 2 heterocycles. The summed E-state index contributed by atoms with van der Waals surface area (Å²) in [6.45, 7) is 2.05. The van der Waals surface area contributed by atoms with Gasteiger partial charge in [-0.15, -0.1) is 0 Å². The predicted molar refractivity (Wildman–Crippen MR) is 114 cm³/mol. The second kappa shape index (κ2) is 9.79. The minimum absolute atomic E-state index is 0.00139. The van der Waals surface area contributed by atoms with Gasteiger partial charge in [-0.3, -0.25) is 14.6 Å². The van der Waals surface area contributed by atoms with Gasteiger partial charge < -0.3 is 20.1 Å². The molecule has 2 N–H and O–H groups in total. The van der Waals surface area contributed by atoms with Crippen molar-refractivity contribution < 1.29 is 28.2 Å². The molecule has 0 bridgehead atoms. The topological polar surface area (TPSA) is 91.8 Å². The van der Waals surface area contributed by atoms with Crippen molar-refractivity contribution in [3.63, 3.8) is 0 Å². The van der Waals surface area contributed by atoms with Gasteiger partial charge in [-0.05, 0) is 30.7 Å². The van der Waals surface area contributed by atoms with Gasteiger partial charge in [0.2, 0.25) is 5.91 Å². The van der Waals surface area contributed by atoms with Gasteiger partial charge in [-0.1, -0.05) is 17.7 Å². The summed E-state index contributed by atoms with van der Waals surface area (Å²) in [5.41, 5.74) is 2.37. The van der Waals surface area contributed by atoms with Crippen LogP contribution in [0.15, 0.2) is 30.5 Å². The minimum atomic E-state index is -2.98. The van der Waals surface area contributed by atoms with Crippen LogP contribution in [0.1, 0.15) is 47.1 Å². The van der Waals surface area contributed by atoms with Crippen LogP contribution >= 0.6 is 11.6 Å². The Morgan fingerprint density at radius 1 is 1.41 bits per heavy atom. The second-order valence-electron chi connectivity index (χ2n) is 7.69. The zero-order chi connectivity index (χ0) is 23.5. The monoisotopic (exact) mass is 467 g/mol. The van der Waals surface area contributed by atoms with E-state index in [1.54, 1.807) is 23.1 Å². The van der Waals surface area contributed by atoms with Gasteiger partial charge in [-0.2, -0.15) is 0 Å². The molecule has 0 saturated carbocycles. The van der Waals surface area contributed by atoms with E-state index in [1.807, 2.05) is 6.92 Å². The quantitative estimate of drug-likeness (QED) is 0.591. The number of ether oxygens (including phenoxy) is 1. The Morgan fingerprint density at radius 2 is 2.16 bits per heavy atom. The van der Waals surface area contributed by atoms with Crippen LogP contribution in [-0.4, -0.2) is 52.5 Å². The Balaban J connectivity index is 1.76. The number of carbonyl (C=O) groups is 2. The molecule has 3 rings (SSSR count). The standard InChI is InChI=1S/C22H24ClF2N3O4/c1-13(14-3-4-19(17(23)9-14)32-12-22(2,24)25)28-11-16-15(21(28)31)5-6-26-18(16)10-20(30)27-7-8-29/h3-6,9,13,29H,7-8,10-12H2,1-2H3,(H,27,30). The van der Waals surface area contributed by atoms with Crippen molar-refractivity contribution in [2.45, 2.75) is 38.8 Å². The number of nitrogens with one attached hydrogen (secondary N) is 1. The highest BCUT2D eigenvalue weighted by Gasteiger charge is 2.34. The molecule has 10 heteroatoms. The van der Waals surface area contributed by atoms with Crippen LogP contribution in [0.5, 0.6) is 5.75 Å². The molecule has 172 valence electrons. The fraction of sp³-hybridized carbons (Fsp3) is 0.409. The molecule has 0 fully saturated rings. The molecule has 1 atom stereocenters. The van der Waals surface area contributed by atoms with Crippen molar-refractivity contribution in [2.75, 3.05) is 19.8 Å². The minimum Gasteiger partial charge on any atom is -0.486 e. The molecule has 1 aromatic carbocycles. The van der Waals surface area contributed by atoms with Crippen molar-refractivity contribution >= 4 is 23.4 Å². The molecule has 7 nitrogen and oxygen atoms in total. The van der Waals surface area contributed by atoms with Crippen LogP contribution in [0, 0.1) is 0 Å². The number of hydrogen-bond acceptors (Lipinski definition) is 5. The third-order valence-corrected chi connectivity index (χ3v) is 5.41. The molecule has 1 aromatic heterocycles. The Kier molecular flexibility index (Phi) is 7.30. The zero-order valence-corrected chi connectivity index (χ0v) is 18.5. The number of carbonyl (C=O) groups excluding carboxylic acids is 2. The second-order valence-corrected chi connectivity index (χ2v) is 8.10. The van der Waals surface area contributed by atoms with E-state index < -0.39 is 12.5 Å². The van der Waals surface area contributed by atoms with Crippen molar-refractivity contribution in [1.29, 1.82) is 0 Å². The van der Waals surface area contributed by atoms with Crippen molar-refractivity contribution in [2.24, 2.45) is 0 Å². The lowest BCUT2D eigenvalue weighted by atomic mass is 10.1. The summed E-state index contributed by atoms with van der Waals surface area (Å²) >= 11 is 6.21. The van der Waals surface area contributed by atoms with Gasteiger partial charge in [0.05, 0.1) is 29.8 Å². The molecule has 1 unspecified atom stereocenters. The number of halogens is 3. The summed E-state index contributed by atoms with van der Waals surface area (Å²) in [6, 6.07) is 6.02. The fourth-order valence-corrected chi connectivity index (χ4v) is 3.71. The summed E-state index contributed by atoms with van der Waals surface area (Å²) in [7, 11) is 0. The van der Waals surface area contributed by atoms with Crippen LogP contribution in [0.2, 0.25) is 5.02 Å². The normalized spacial score (nSPS) is 14.3. The molecule has 2 amide bonds. The summed E-state index contributed by atoms with van der Waals surface area (Å²) < 4.78 is 31.2. The summed E-state index contributed by atoms with van der Waals surface area (Å²) in [5.74, 6) is -3.34. The van der Waals surface area contributed by atoms with E-state index in [2.05, 4.69) is 10.3 Å². The maximum atomic E-state index is 13.0. The molecular formula is C22H24ClF2N3O4. The van der Waals surface area contributed by atoms with Crippen LogP contribution < -0.4 is 10.1 Å². The average molecular weight is 468 g/mol. The maximum Gasteiger partial charge on any atom is 0.278 e. The molecule has 32 heavy (non-hydrogen) atoms. The Labute approximate surface area is 189 Å². The Hall–Kier alpha value is -2.78. The van der Waals surface area contributed by atoms with E-state index in [-0.39, 0.29) is 54.7 Å². The first-order valence-electron chi connectivity index (χ1n) is 10.1. The molecule has 2 aromatic rings. The SMILES string of the molecule is CC(c1ccc(OCC(C)(F)F)c(Cl)c1)N1Cc2c(ccnc2CC(=O)NCCO)C1=O. The highest BCUT2D eigenvalue weighted by Crippen LogP contribution is 2.35. The fourth-order valence-electron chi connectivity index (χ4n) is 3.46. The van der Waals surface area contributed by atoms with E-state index in [9.17, 15) is 18.4 Å². The predicted octanol–water partition coefficient (Wildman–Crippen LogP) is 3.14. The first-order chi connectivity index (χ1) is 15.1. The maximum absolute atomic E-state index is 13.0. The number of aliphatic hydroxyl groups excluding tert-OH is 1. The van der Waals surface area contributed by atoms with E-state index in [1.165, 1.54) is 12.3 Å². The van der Waals surface area contributed by atoms with Crippen molar-refractivity contribution in [3.05, 3.63) is 57.9 Å². The van der Waals surface area contributed by atoms with Crippen molar-refractivity contribution in [1.82, 2.24) is 15.2 Å². The smallest absolute Gasteiger partial charge is 0.278 e. The van der Waals surface area contributed by atoms with Crippen molar-refractivity contribution in [3.8, 4) is 5.75 Å².